The van der Waals surface area contributed by atoms with Gasteiger partial charge in [0.25, 0.3) is 0 Å². The summed E-state index contributed by atoms with van der Waals surface area (Å²) in [5, 5.41) is 9.24. The molecule has 0 spiro atoms. The highest BCUT2D eigenvalue weighted by atomic mass is 35.5. The summed E-state index contributed by atoms with van der Waals surface area (Å²) < 4.78 is 0. The summed E-state index contributed by atoms with van der Waals surface area (Å²) in [6.07, 6.45) is 0.438. The first-order valence-electron chi connectivity index (χ1n) is 3.77. The van der Waals surface area contributed by atoms with E-state index in [4.69, 9.17) is 16.9 Å². The van der Waals surface area contributed by atoms with Crippen LogP contribution in [0.1, 0.15) is 16.7 Å². The summed E-state index contributed by atoms with van der Waals surface area (Å²) in [5.74, 6) is 0. The van der Waals surface area contributed by atoms with Gasteiger partial charge in [0.05, 0.1) is 12.5 Å². The molecule has 0 unspecified atom stereocenters. The molecule has 0 fully saturated rings. The molecule has 0 N–H and O–H groups in total. The van der Waals surface area contributed by atoms with Gasteiger partial charge in [-0.05, 0) is 42.7 Å². The molecule has 0 radical (unpaired) electrons. The fourth-order valence-electron chi connectivity index (χ4n) is 1.15. The van der Waals surface area contributed by atoms with Crippen molar-refractivity contribution >= 4 is 11.6 Å². The van der Waals surface area contributed by atoms with Crippen LogP contribution in [0.25, 0.3) is 0 Å². The number of nitriles is 1. The average Bonchev–Trinajstić information content (AvgIpc) is 2.00. The summed E-state index contributed by atoms with van der Waals surface area (Å²) in [7, 11) is 0. The number of hydrogen-bond acceptors (Lipinski definition) is 1. The standard InChI is InChI=1S/C10H10ClN/c1-7-5-10(11)6-9(3-4-12)8(7)2/h5-6H,3H2,1-2H3. The fraction of sp³-hybridized carbons (Fsp3) is 0.300. The first kappa shape index (κ1) is 9.09. The molecule has 0 aliphatic carbocycles. The van der Waals surface area contributed by atoms with Gasteiger partial charge >= 0.3 is 0 Å². The predicted octanol–water partition coefficient (Wildman–Crippen LogP) is 3.02. The quantitative estimate of drug-likeness (QED) is 0.650. The molecule has 1 rings (SSSR count). The van der Waals surface area contributed by atoms with E-state index in [-0.39, 0.29) is 0 Å². The smallest absolute Gasteiger partial charge is 0.0669 e. The van der Waals surface area contributed by atoms with Crippen LogP contribution in [0, 0.1) is 25.2 Å². The number of nitrogens with zero attached hydrogens (tertiary/aromatic N) is 1. The normalized spacial score (nSPS) is 9.50. The van der Waals surface area contributed by atoms with Crippen LogP contribution in [0.5, 0.6) is 0 Å². The van der Waals surface area contributed by atoms with Gasteiger partial charge in [0.1, 0.15) is 0 Å². The van der Waals surface area contributed by atoms with E-state index in [9.17, 15) is 0 Å². The van der Waals surface area contributed by atoms with Gasteiger partial charge in [-0.25, -0.2) is 0 Å². The predicted molar refractivity (Wildman–Crippen MR) is 50.2 cm³/mol. The van der Waals surface area contributed by atoms with Crippen LogP contribution in [0.3, 0.4) is 0 Å². The zero-order valence-electron chi connectivity index (χ0n) is 7.19. The summed E-state index contributed by atoms with van der Waals surface area (Å²) in [4.78, 5) is 0. The van der Waals surface area contributed by atoms with Crippen molar-refractivity contribution in [2.75, 3.05) is 0 Å². The van der Waals surface area contributed by atoms with Gasteiger partial charge in [-0.15, -0.1) is 0 Å². The molecule has 0 aliphatic rings. The minimum atomic E-state index is 0.438. The van der Waals surface area contributed by atoms with Crippen LogP contribution in [0.15, 0.2) is 12.1 Å². The first-order chi connectivity index (χ1) is 5.65. The fourth-order valence-corrected chi connectivity index (χ4v) is 1.45. The van der Waals surface area contributed by atoms with Crippen molar-refractivity contribution in [3.8, 4) is 6.07 Å². The lowest BCUT2D eigenvalue weighted by Gasteiger charge is -2.05. The third kappa shape index (κ3) is 1.78. The van der Waals surface area contributed by atoms with E-state index in [2.05, 4.69) is 6.07 Å². The van der Waals surface area contributed by atoms with E-state index in [1.54, 1.807) is 0 Å². The number of rotatable bonds is 1. The van der Waals surface area contributed by atoms with Gasteiger partial charge in [-0.2, -0.15) is 5.26 Å². The number of benzene rings is 1. The second kappa shape index (κ2) is 3.60. The molecule has 0 saturated heterocycles. The van der Waals surface area contributed by atoms with Gasteiger partial charge in [0.15, 0.2) is 0 Å². The molecule has 0 amide bonds. The second-order valence-corrected chi connectivity index (χ2v) is 3.28. The molecular weight excluding hydrogens is 170 g/mol. The van der Waals surface area contributed by atoms with E-state index in [1.165, 1.54) is 5.56 Å². The second-order valence-electron chi connectivity index (χ2n) is 2.84. The number of aryl methyl sites for hydroxylation is 1. The van der Waals surface area contributed by atoms with Crippen molar-refractivity contribution < 1.29 is 0 Å². The number of halogens is 1. The summed E-state index contributed by atoms with van der Waals surface area (Å²) >= 11 is 5.85. The summed E-state index contributed by atoms with van der Waals surface area (Å²) in [6.45, 7) is 4.01. The minimum absolute atomic E-state index is 0.438. The van der Waals surface area contributed by atoms with Crippen LogP contribution in [-0.4, -0.2) is 0 Å². The zero-order chi connectivity index (χ0) is 9.14. The molecule has 0 atom stereocenters. The van der Waals surface area contributed by atoms with Crippen molar-refractivity contribution in [1.82, 2.24) is 0 Å². The molecule has 1 aromatic carbocycles. The Labute approximate surface area is 77.6 Å². The summed E-state index contributed by atoms with van der Waals surface area (Å²) in [5.41, 5.74) is 3.34. The molecule has 1 aromatic rings. The maximum atomic E-state index is 8.53. The molecule has 12 heavy (non-hydrogen) atoms. The molecular formula is C10H10ClN. The Balaban J connectivity index is 3.20. The maximum Gasteiger partial charge on any atom is 0.0669 e. The third-order valence-electron chi connectivity index (χ3n) is 2.01. The minimum Gasteiger partial charge on any atom is -0.198 e. The van der Waals surface area contributed by atoms with Gasteiger partial charge in [-0.1, -0.05) is 11.6 Å². The van der Waals surface area contributed by atoms with Crippen molar-refractivity contribution in [3.63, 3.8) is 0 Å². The van der Waals surface area contributed by atoms with Gasteiger partial charge < -0.3 is 0 Å². The van der Waals surface area contributed by atoms with Crippen LogP contribution in [-0.2, 0) is 6.42 Å². The molecule has 1 nitrogen and oxygen atoms in total. The topological polar surface area (TPSA) is 23.8 Å². The molecule has 0 aliphatic heterocycles. The highest BCUT2D eigenvalue weighted by Gasteiger charge is 2.02. The third-order valence-corrected chi connectivity index (χ3v) is 2.23. The van der Waals surface area contributed by atoms with E-state index >= 15 is 0 Å². The Morgan fingerprint density at radius 1 is 1.42 bits per heavy atom. The van der Waals surface area contributed by atoms with Gasteiger partial charge in [-0.3, -0.25) is 0 Å². The van der Waals surface area contributed by atoms with Crippen molar-refractivity contribution in [2.45, 2.75) is 20.3 Å². The Hall–Kier alpha value is -1.00. The lowest BCUT2D eigenvalue weighted by molar-refractivity contribution is 1.18. The van der Waals surface area contributed by atoms with Crippen molar-refractivity contribution in [1.29, 1.82) is 5.26 Å². The van der Waals surface area contributed by atoms with Crippen LogP contribution >= 0.6 is 11.6 Å². The molecule has 0 heterocycles. The van der Waals surface area contributed by atoms with Crippen molar-refractivity contribution in [2.24, 2.45) is 0 Å². The van der Waals surface area contributed by atoms with Crippen LogP contribution in [0.2, 0.25) is 5.02 Å². The van der Waals surface area contributed by atoms with Crippen LogP contribution < -0.4 is 0 Å². The SMILES string of the molecule is Cc1cc(Cl)cc(CC#N)c1C. The van der Waals surface area contributed by atoms with Gasteiger partial charge in [0.2, 0.25) is 0 Å². The zero-order valence-corrected chi connectivity index (χ0v) is 7.94. The lowest BCUT2D eigenvalue weighted by Crippen LogP contribution is -1.90. The highest BCUT2D eigenvalue weighted by molar-refractivity contribution is 6.30. The van der Waals surface area contributed by atoms with E-state index < -0.39 is 0 Å². The van der Waals surface area contributed by atoms with E-state index in [0.717, 1.165) is 11.1 Å². The highest BCUT2D eigenvalue weighted by Crippen LogP contribution is 2.19. The lowest BCUT2D eigenvalue weighted by atomic mass is 10.0. The Morgan fingerprint density at radius 3 is 2.67 bits per heavy atom. The Kier molecular flexibility index (Phi) is 2.73. The van der Waals surface area contributed by atoms with E-state index in [0.29, 0.717) is 11.4 Å². The summed E-state index contributed by atoms with van der Waals surface area (Å²) in [6, 6.07) is 5.89. The van der Waals surface area contributed by atoms with Gasteiger partial charge in [0, 0.05) is 5.02 Å². The van der Waals surface area contributed by atoms with E-state index in [1.807, 2.05) is 26.0 Å². The Bertz CT molecular complexity index is 336. The first-order valence-corrected chi connectivity index (χ1v) is 4.15. The van der Waals surface area contributed by atoms with Crippen LogP contribution in [0.4, 0.5) is 0 Å². The molecule has 0 saturated carbocycles. The monoisotopic (exact) mass is 179 g/mol. The van der Waals surface area contributed by atoms with Crippen molar-refractivity contribution in [3.05, 3.63) is 33.8 Å². The average molecular weight is 180 g/mol. The molecule has 62 valence electrons. The molecule has 2 heteroatoms. The number of hydrogen-bond donors (Lipinski definition) is 0. The maximum absolute atomic E-state index is 8.53. The molecule has 0 aromatic heterocycles. The largest absolute Gasteiger partial charge is 0.198 e. The Morgan fingerprint density at radius 2 is 2.08 bits per heavy atom. The molecule has 0 bridgehead atoms.